The van der Waals surface area contributed by atoms with Gasteiger partial charge in [-0.15, -0.1) is 0 Å². The van der Waals surface area contributed by atoms with E-state index in [2.05, 4.69) is 42.6 Å². The molecule has 0 radical (unpaired) electrons. The number of carbonyl (C=O) groups excluding carboxylic acids is 1. The summed E-state index contributed by atoms with van der Waals surface area (Å²) in [6.07, 6.45) is 6.54. The van der Waals surface area contributed by atoms with Gasteiger partial charge >= 0.3 is 0 Å². The van der Waals surface area contributed by atoms with Crippen LogP contribution in [0.5, 0.6) is 0 Å². The lowest BCUT2D eigenvalue weighted by atomic mass is 10.0. The number of nitrogens with zero attached hydrogens (tertiary/aromatic N) is 4. The van der Waals surface area contributed by atoms with Crippen LogP contribution >= 0.6 is 0 Å². The van der Waals surface area contributed by atoms with Crippen molar-refractivity contribution >= 4 is 5.91 Å². The summed E-state index contributed by atoms with van der Waals surface area (Å²) in [7, 11) is 2.03. The van der Waals surface area contributed by atoms with Crippen LogP contribution in [0.25, 0.3) is 0 Å². The molecule has 1 aliphatic heterocycles. The second-order valence-corrected chi connectivity index (χ2v) is 8.72. The van der Waals surface area contributed by atoms with Gasteiger partial charge in [0.2, 0.25) is 5.91 Å². The summed E-state index contributed by atoms with van der Waals surface area (Å²) >= 11 is 0. The molecule has 1 saturated heterocycles. The molecule has 5 heteroatoms. The Kier molecular flexibility index (Phi) is 6.06. The molecular weight excluding hydrogens is 324 g/mol. The van der Waals surface area contributed by atoms with E-state index < -0.39 is 0 Å². The van der Waals surface area contributed by atoms with Crippen molar-refractivity contribution in [3.05, 3.63) is 17.0 Å². The monoisotopic (exact) mass is 360 g/mol. The van der Waals surface area contributed by atoms with Gasteiger partial charge < -0.3 is 4.90 Å². The van der Waals surface area contributed by atoms with Crippen molar-refractivity contribution in [1.82, 2.24) is 19.6 Å². The summed E-state index contributed by atoms with van der Waals surface area (Å²) in [5, 5.41) is 4.60. The van der Waals surface area contributed by atoms with Crippen molar-refractivity contribution in [2.45, 2.75) is 84.8 Å². The lowest BCUT2D eigenvalue weighted by Gasteiger charge is -2.31. The lowest BCUT2D eigenvalue weighted by Crippen LogP contribution is -2.38. The van der Waals surface area contributed by atoms with Crippen molar-refractivity contribution in [2.24, 2.45) is 13.0 Å². The summed E-state index contributed by atoms with van der Waals surface area (Å²) in [5.41, 5.74) is 3.81. The largest absolute Gasteiger partial charge is 0.343 e. The van der Waals surface area contributed by atoms with Crippen LogP contribution in [-0.4, -0.2) is 50.7 Å². The van der Waals surface area contributed by atoms with Gasteiger partial charge in [0.25, 0.3) is 0 Å². The summed E-state index contributed by atoms with van der Waals surface area (Å²) in [5.74, 6) is 1.01. The Morgan fingerprint density at radius 1 is 1.15 bits per heavy atom. The van der Waals surface area contributed by atoms with Crippen LogP contribution in [0.2, 0.25) is 0 Å². The zero-order valence-electron chi connectivity index (χ0n) is 17.3. The summed E-state index contributed by atoms with van der Waals surface area (Å²) in [6.45, 7) is 11.6. The quantitative estimate of drug-likeness (QED) is 0.748. The van der Waals surface area contributed by atoms with Gasteiger partial charge in [0.15, 0.2) is 0 Å². The first-order valence-corrected chi connectivity index (χ1v) is 10.4. The number of amides is 1. The first-order valence-electron chi connectivity index (χ1n) is 10.4. The second kappa shape index (κ2) is 8.12. The Morgan fingerprint density at radius 2 is 1.85 bits per heavy atom. The molecule has 2 fully saturated rings. The van der Waals surface area contributed by atoms with E-state index in [1.807, 2.05) is 11.7 Å². The van der Waals surface area contributed by atoms with E-state index in [0.29, 0.717) is 30.3 Å². The summed E-state index contributed by atoms with van der Waals surface area (Å²) in [4.78, 5) is 17.4. The first-order chi connectivity index (χ1) is 12.4. The van der Waals surface area contributed by atoms with Crippen LogP contribution in [0.4, 0.5) is 0 Å². The Hall–Kier alpha value is -1.36. The minimum atomic E-state index is 0.359. The Morgan fingerprint density at radius 3 is 2.42 bits per heavy atom. The molecule has 26 heavy (non-hydrogen) atoms. The Balaban J connectivity index is 1.68. The van der Waals surface area contributed by atoms with Crippen molar-refractivity contribution < 1.29 is 4.79 Å². The molecule has 146 valence electrons. The van der Waals surface area contributed by atoms with Gasteiger partial charge in [0, 0.05) is 56.4 Å². The predicted octanol–water partition coefficient (Wildman–Crippen LogP) is 3.43. The smallest absolute Gasteiger partial charge is 0.222 e. The molecule has 0 spiro atoms. The predicted molar refractivity (Wildman–Crippen MR) is 105 cm³/mol. The highest BCUT2D eigenvalue weighted by Gasteiger charge is 2.36. The third-order valence-electron chi connectivity index (χ3n) is 6.24. The van der Waals surface area contributed by atoms with Crippen LogP contribution in [0, 0.1) is 19.8 Å². The highest BCUT2D eigenvalue weighted by molar-refractivity contribution is 5.76. The van der Waals surface area contributed by atoms with E-state index >= 15 is 0 Å². The summed E-state index contributed by atoms with van der Waals surface area (Å²) in [6, 6.07) is 1.23. The molecule has 2 aliphatic rings. The average Bonchev–Trinajstić information content (AvgIpc) is 3.39. The fraction of sp³-hybridized carbons (Fsp3) is 0.810. The molecule has 0 aromatic carbocycles. The maximum atomic E-state index is 12.5. The standard InChI is InChI=1S/C21H36N4O/c1-15(2)10-12-24-13-11-19(8-9-21(24)26)25(18-6-7-18)14-20-16(3)22-23(5)17(20)4/h15,18-19H,6-14H2,1-5H3/t19-/m1/s1. The van der Waals surface area contributed by atoms with Gasteiger partial charge in [-0.25, -0.2) is 0 Å². The van der Waals surface area contributed by atoms with Crippen molar-refractivity contribution in [3.63, 3.8) is 0 Å². The number of aromatic nitrogens is 2. The molecule has 0 N–H and O–H groups in total. The lowest BCUT2D eigenvalue weighted by molar-refractivity contribution is -0.130. The Bertz CT molecular complexity index is 632. The van der Waals surface area contributed by atoms with Crippen LogP contribution in [0.15, 0.2) is 0 Å². The van der Waals surface area contributed by atoms with Gasteiger partial charge in [0.05, 0.1) is 5.69 Å². The van der Waals surface area contributed by atoms with E-state index in [0.717, 1.165) is 44.6 Å². The first kappa shape index (κ1) is 19.4. The van der Waals surface area contributed by atoms with E-state index in [1.165, 1.54) is 24.1 Å². The van der Waals surface area contributed by atoms with Crippen LogP contribution in [0.3, 0.4) is 0 Å². The molecule has 1 saturated carbocycles. The number of hydrogen-bond acceptors (Lipinski definition) is 3. The average molecular weight is 361 g/mol. The zero-order valence-corrected chi connectivity index (χ0v) is 17.3. The minimum absolute atomic E-state index is 0.359. The maximum Gasteiger partial charge on any atom is 0.222 e. The molecule has 0 unspecified atom stereocenters. The fourth-order valence-corrected chi connectivity index (χ4v) is 4.20. The summed E-state index contributed by atoms with van der Waals surface area (Å²) < 4.78 is 2.00. The Labute approximate surface area is 158 Å². The van der Waals surface area contributed by atoms with E-state index in [1.54, 1.807) is 0 Å². The van der Waals surface area contributed by atoms with Crippen LogP contribution < -0.4 is 0 Å². The van der Waals surface area contributed by atoms with Crippen LogP contribution in [-0.2, 0) is 18.4 Å². The molecule has 1 amide bonds. The molecule has 1 aromatic rings. The molecule has 5 nitrogen and oxygen atoms in total. The third kappa shape index (κ3) is 4.48. The zero-order chi connectivity index (χ0) is 18.8. The molecular formula is C21H36N4O. The van der Waals surface area contributed by atoms with Gasteiger partial charge in [0.1, 0.15) is 0 Å². The highest BCUT2D eigenvalue weighted by Crippen LogP contribution is 2.34. The van der Waals surface area contributed by atoms with Gasteiger partial charge in [-0.05, 0) is 51.9 Å². The molecule has 0 bridgehead atoms. The number of likely N-dealkylation sites (tertiary alicyclic amines) is 1. The molecule has 1 aliphatic carbocycles. The molecule has 3 rings (SSSR count). The molecule has 2 heterocycles. The van der Waals surface area contributed by atoms with Gasteiger partial charge in [-0.2, -0.15) is 5.10 Å². The molecule has 1 aromatic heterocycles. The van der Waals surface area contributed by atoms with Crippen molar-refractivity contribution in [3.8, 4) is 0 Å². The van der Waals surface area contributed by atoms with Crippen LogP contribution in [0.1, 0.15) is 69.3 Å². The second-order valence-electron chi connectivity index (χ2n) is 8.72. The normalized spacial score (nSPS) is 21.7. The fourth-order valence-electron chi connectivity index (χ4n) is 4.20. The number of aryl methyl sites for hydroxylation is 2. The number of carbonyl (C=O) groups is 1. The highest BCUT2D eigenvalue weighted by atomic mass is 16.2. The van der Waals surface area contributed by atoms with Gasteiger partial charge in [-0.1, -0.05) is 13.8 Å². The van der Waals surface area contributed by atoms with E-state index in [-0.39, 0.29) is 0 Å². The SMILES string of the molecule is Cc1nn(C)c(C)c1CN(C1CC1)[C@@H]1CCC(=O)N(CCC(C)C)CC1. The van der Waals surface area contributed by atoms with Crippen molar-refractivity contribution in [1.29, 1.82) is 0 Å². The van der Waals surface area contributed by atoms with Crippen molar-refractivity contribution in [2.75, 3.05) is 13.1 Å². The topological polar surface area (TPSA) is 41.4 Å². The maximum absolute atomic E-state index is 12.5. The van der Waals surface area contributed by atoms with Gasteiger partial charge in [-0.3, -0.25) is 14.4 Å². The molecule has 1 atom stereocenters. The number of hydrogen-bond donors (Lipinski definition) is 0. The third-order valence-corrected chi connectivity index (χ3v) is 6.24. The van der Waals surface area contributed by atoms with E-state index in [9.17, 15) is 4.79 Å². The number of rotatable bonds is 7. The minimum Gasteiger partial charge on any atom is -0.343 e. The van der Waals surface area contributed by atoms with E-state index in [4.69, 9.17) is 0 Å².